The number of anilines is 1. The van der Waals surface area contributed by atoms with Gasteiger partial charge in [-0.3, -0.25) is 4.79 Å². The van der Waals surface area contributed by atoms with Gasteiger partial charge in [0.05, 0.1) is 0 Å². The van der Waals surface area contributed by atoms with Gasteiger partial charge in [0.15, 0.2) is 0 Å². The Balaban J connectivity index is 1.31. The second kappa shape index (κ2) is 11.0. The van der Waals surface area contributed by atoms with Gasteiger partial charge in [-0.2, -0.15) is 0 Å². The molecule has 4 rings (SSSR count). The Bertz CT molecular complexity index is 1150. The number of nitrogens with one attached hydrogen (secondary N) is 2. The fourth-order valence-electron chi connectivity index (χ4n) is 3.89. The third-order valence-corrected chi connectivity index (χ3v) is 5.63. The Morgan fingerprint density at radius 2 is 1.58 bits per heavy atom. The Hall–Kier alpha value is -4.04. The number of nitrogens with zero attached hydrogens (tertiary/aromatic N) is 1. The van der Waals surface area contributed by atoms with Crippen LogP contribution in [0.5, 0.6) is 0 Å². The Labute approximate surface area is 194 Å². The second-order valence-electron chi connectivity index (χ2n) is 8.16. The van der Waals surface area contributed by atoms with Crippen LogP contribution in [0.4, 0.5) is 10.5 Å². The van der Waals surface area contributed by atoms with E-state index < -0.39 is 0 Å². The van der Waals surface area contributed by atoms with Crippen LogP contribution in [-0.2, 0) is 0 Å². The van der Waals surface area contributed by atoms with Crippen molar-refractivity contribution < 1.29 is 9.59 Å². The summed E-state index contributed by atoms with van der Waals surface area (Å²) in [5.74, 6) is 6.44. The molecule has 3 amide bonds. The van der Waals surface area contributed by atoms with Crippen molar-refractivity contribution in [1.82, 2.24) is 10.2 Å². The summed E-state index contributed by atoms with van der Waals surface area (Å²) in [7, 11) is 0. The highest BCUT2D eigenvalue weighted by atomic mass is 16.2. The van der Waals surface area contributed by atoms with Crippen molar-refractivity contribution in [2.24, 2.45) is 5.92 Å². The predicted octanol–water partition coefficient (Wildman–Crippen LogP) is 4.76. The molecule has 0 aromatic heterocycles. The van der Waals surface area contributed by atoms with Crippen LogP contribution in [0.3, 0.4) is 0 Å². The van der Waals surface area contributed by atoms with Crippen LogP contribution in [-0.4, -0.2) is 36.5 Å². The number of amides is 3. The van der Waals surface area contributed by atoms with Crippen molar-refractivity contribution in [3.05, 3.63) is 102 Å². The molecule has 3 aromatic rings. The molecule has 1 saturated heterocycles. The number of carbonyl (C=O) groups excluding carboxylic acids is 2. The SMILES string of the molecule is O=C(NCC1CCCN(C(=O)Nc2cccc(C#Cc3ccccc3)c2)C1)c1ccccc1. The van der Waals surface area contributed by atoms with Crippen LogP contribution in [0.15, 0.2) is 84.9 Å². The maximum Gasteiger partial charge on any atom is 0.321 e. The van der Waals surface area contributed by atoms with Gasteiger partial charge in [0, 0.05) is 42.0 Å². The largest absolute Gasteiger partial charge is 0.352 e. The van der Waals surface area contributed by atoms with E-state index in [0.29, 0.717) is 25.2 Å². The number of rotatable bonds is 4. The highest BCUT2D eigenvalue weighted by Gasteiger charge is 2.24. The molecule has 2 N–H and O–H groups in total. The fraction of sp³-hybridized carbons (Fsp3) is 0.214. The first-order valence-corrected chi connectivity index (χ1v) is 11.2. The molecule has 5 heteroatoms. The molecule has 0 bridgehead atoms. The smallest absolute Gasteiger partial charge is 0.321 e. The van der Waals surface area contributed by atoms with E-state index in [1.165, 1.54) is 0 Å². The maximum absolute atomic E-state index is 12.9. The molecule has 0 saturated carbocycles. The molecule has 3 aromatic carbocycles. The second-order valence-corrected chi connectivity index (χ2v) is 8.16. The molecule has 5 nitrogen and oxygen atoms in total. The van der Waals surface area contributed by atoms with Crippen molar-refractivity contribution in [2.45, 2.75) is 12.8 Å². The highest BCUT2D eigenvalue weighted by Crippen LogP contribution is 2.18. The van der Waals surface area contributed by atoms with E-state index in [-0.39, 0.29) is 17.9 Å². The summed E-state index contributed by atoms with van der Waals surface area (Å²) in [5.41, 5.74) is 3.17. The lowest BCUT2D eigenvalue weighted by atomic mass is 9.98. The molecule has 0 radical (unpaired) electrons. The van der Waals surface area contributed by atoms with E-state index >= 15 is 0 Å². The zero-order chi connectivity index (χ0) is 22.9. The molecule has 0 aliphatic carbocycles. The standard InChI is InChI=1S/C28H27N3O2/c32-27(25-13-5-2-6-14-25)29-20-24-12-8-18-31(21-24)28(33)30-26-15-7-11-23(19-26)17-16-22-9-3-1-4-10-22/h1-7,9-11,13-15,19,24H,8,12,18,20-21H2,(H,29,32)(H,30,33). The summed E-state index contributed by atoms with van der Waals surface area (Å²) in [6.45, 7) is 1.89. The van der Waals surface area contributed by atoms with Gasteiger partial charge in [-0.15, -0.1) is 0 Å². The number of hydrogen-bond donors (Lipinski definition) is 2. The van der Waals surface area contributed by atoms with Gasteiger partial charge >= 0.3 is 6.03 Å². The van der Waals surface area contributed by atoms with Crippen molar-refractivity contribution in [2.75, 3.05) is 25.0 Å². The molecule has 166 valence electrons. The van der Waals surface area contributed by atoms with Crippen LogP contribution in [0.1, 0.15) is 34.3 Å². The molecule has 1 aliphatic heterocycles. The molecule has 1 atom stereocenters. The van der Waals surface area contributed by atoms with E-state index in [1.54, 1.807) is 12.1 Å². The van der Waals surface area contributed by atoms with Crippen molar-refractivity contribution in [3.8, 4) is 11.8 Å². The van der Waals surface area contributed by atoms with E-state index in [9.17, 15) is 9.59 Å². The van der Waals surface area contributed by atoms with Crippen LogP contribution in [0.25, 0.3) is 0 Å². The first kappa shape index (κ1) is 22.2. The average Bonchev–Trinajstić information content (AvgIpc) is 2.87. The first-order valence-electron chi connectivity index (χ1n) is 11.2. The van der Waals surface area contributed by atoms with Crippen molar-refractivity contribution in [1.29, 1.82) is 0 Å². The molecule has 33 heavy (non-hydrogen) atoms. The van der Waals surface area contributed by atoms with Gasteiger partial charge < -0.3 is 15.5 Å². The monoisotopic (exact) mass is 437 g/mol. The first-order chi connectivity index (χ1) is 16.2. The van der Waals surface area contributed by atoms with E-state index in [1.807, 2.05) is 77.7 Å². The van der Waals surface area contributed by atoms with Crippen molar-refractivity contribution >= 4 is 17.6 Å². The van der Waals surface area contributed by atoms with Gasteiger partial charge in [-0.05, 0) is 61.2 Å². The number of urea groups is 1. The van der Waals surface area contributed by atoms with Gasteiger partial charge in [0.2, 0.25) is 0 Å². The minimum absolute atomic E-state index is 0.0781. The fourth-order valence-corrected chi connectivity index (χ4v) is 3.89. The summed E-state index contributed by atoms with van der Waals surface area (Å²) in [6.07, 6.45) is 1.91. The molecule has 1 unspecified atom stereocenters. The zero-order valence-corrected chi connectivity index (χ0v) is 18.5. The van der Waals surface area contributed by atoms with Crippen molar-refractivity contribution in [3.63, 3.8) is 0 Å². The third kappa shape index (κ3) is 6.47. The molecule has 1 fully saturated rings. The van der Waals surface area contributed by atoms with E-state index in [2.05, 4.69) is 22.5 Å². The predicted molar refractivity (Wildman–Crippen MR) is 131 cm³/mol. The van der Waals surface area contributed by atoms with Gasteiger partial charge in [-0.25, -0.2) is 4.79 Å². The van der Waals surface area contributed by atoms with Gasteiger partial charge in [0.25, 0.3) is 5.91 Å². The number of carbonyl (C=O) groups is 2. The van der Waals surface area contributed by atoms with Gasteiger partial charge in [-0.1, -0.05) is 54.3 Å². The molecule has 1 heterocycles. The summed E-state index contributed by atoms with van der Waals surface area (Å²) in [6, 6.07) is 26.5. The van der Waals surface area contributed by atoms with Crippen LogP contribution in [0.2, 0.25) is 0 Å². The topological polar surface area (TPSA) is 61.4 Å². The molecule has 0 spiro atoms. The summed E-state index contributed by atoms with van der Waals surface area (Å²) >= 11 is 0. The molecular weight excluding hydrogens is 410 g/mol. The van der Waals surface area contributed by atoms with Gasteiger partial charge in [0.1, 0.15) is 0 Å². The Morgan fingerprint density at radius 1 is 0.879 bits per heavy atom. The lowest BCUT2D eigenvalue weighted by Crippen LogP contribution is -2.45. The van der Waals surface area contributed by atoms with Crippen LogP contribution >= 0.6 is 0 Å². The molecular formula is C28H27N3O2. The normalized spacial score (nSPS) is 15.2. The summed E-state index contributed by atoms with van der Waals surface area (Å²) in [5, 5.41) is 5.99. The lowest BCUT2D eigenvalue weighted by Gasteiger charge is -2.32. The van der Waals surface area contributed by atoms with E-state index in [0.717, 1.165) is 29.7 Å². The minimum atomic E-state index is -0.123. The maximum atomic E-state index is 12.9. The Morgan fingerprint density at radius 3 is 2.36 bits per heavy atom. The quantitative estimate of drug-likeness (QED) is 0.578. The van der Waals surface area contributed by atoms with Crippen LogP contribution in [0, 0.1) is 17.8 Å². The average molecular weight is 438 g/mol. The number of piperidine rings is 1. The number of likely N-dealkylation sites (tertiary alicyclic amines) is 1. The zero-order valence-electron chi connectivity index (χ0n) is 18.5. The number of hydrogen-bond acceptors (Lipinski definition) is 2. The lowest BCUT2D eigenvalue weighted by molar-refractivity contribution is 0.0938. The molecule has 1 aliphatic rings. The number of benzene rings is 3. The highest BCUT2D eigenvalue weighted by molar-refractivity contribution is 5.94. The van der Waals surface area contributed by atoms with E-state index in [4.69, 9.17) is 0 Å². The third-order valence-electron chi connectivity index (χ3n) is 5.63. The Kier molecular flexibility index (Phi) is 7.40. The summed E-state index contributed by atoms with van der Waals surface area (Å²) < 4.78 is 0. The van der Waals surface area contributed by atoms with Crippen LogP contribution < -0.4 is 10.6 Å². The minimum Gasteiger partial charge on any atom is -0.352 e. The summed E-state index contributed by atoms with van der Waals surface area (Å²) in [4.78, 5) is 27.0.